The minimum Gasteiger partial charge on any atom is -0.481 e. The molecule has 2 unspecified atom stereocenters. The van der Waals surface area contributed by atoms with Gasteiger partial charge in [0.1, 0.15) is 0 Å². The minimum absolute atomic E-state index is 0.180. The predicted molar refractivity (Wildman–Crippen MR) is 70.8 cm³/mol. The smallest absolute Gasteiger partial charge is 0.317 e. The largest absolute Gasteiger partial charge is 0.481 e. The van der Waals surface area contributed by atoms with Gasteiger partial charge in [-0.05, 0) is 25.7 Å². The maximum absolute atomic E-state index is 11.8. The summed E-state index contributed by atoms with van der Waals surface area (Å²) in [6, 6.07) is -0.391. The molecule has 2 atom stereocenters. The molecule has 6 nitrogen and oxygen atoms in total. The summed E-state index contributed by atoms with van der Waals surface area (Å²) in [5, 5.41) is 20.3. The fourth-order valence-corrected chi connectivity index (χ4v) is 2.00. The molecule has 1 aliphatic carbocycles. The van der Waals surface area contributed by atoms with Gasteiger partial charge in [0.05, 0.1) is 12.0 Å². The van der Waals surface area contributed by atoms with Crippen LogP contribution in [-0.2, 0) is 4.79 Å². The minimum atomic E-state index is -0.856. The van der Waals surface area contributed by atoms with Crippen molar-refractivity contribution in [2.24, 2.45) is 5.92 Å². The number of rotatable bonds is 7. The highest BCUT2D eigenvalue weighted by atomic mass is 16.4. The average molecular weight is 270 g/mol. The zero-order valence-electron chi connectivity index (χ0n) is 11.2. The summed E-state index contributed by atoms with van der Waals surface area (Å²) >= 11 is 0. The number of carboxylic acids is 1. The highest BCUT2D eigenvalue weighted by Crippen LogP contribution is 2.18. The summed E-state index contributed by atoms with van der Waals surface area (Å²) in [4.78, 5) is 24.2. The van der Waals surface area contributed by atoms with Gasteiger partial charge < -0.3 is 20.4 Å². The Morgan fingerprint density at radius 3 is 2.63 bits per heavy atom. The number of carbonyl (C=O) groups excluding carboxylic acids is 1. The van der Waals surface area contributed by atoms with E-state index in [1.807, 2.05) is 0 Å². The molecule has 0 aromatic rings. The number of aliphatic hydroxyl groups is 1. The molecule has 0 aromatic heterocycles. The Hall–Kier alpha value is -1.56. The van der Waals surface area contributed by atoms with Gasteiger partial charge in [-0.25, -0.2) is 4.79 Å². The van der Waals surface area contributed by atoms with Crippen molar-refractivity contribution in [3.05, 3.63) is 12.2 Å². The summed E-state index contributed by atoms with van der Waals surface area (Å²) in [7, 11) is 1.71. The van der Waals surface area contributed by atoms with Crippen LogP contribution in [0.15, 0.2) is 12.2 Å². The van der Waals surface area contributed by atoms with Gasteiger partial charge in [-0.3, -0.25) is 4.79 Å². The summed E-state index contributed by atoms with van der Waals surface area (Å²) in [6.45, 7) is 0.810. The zero-order valence-corrected chi connectivity index (χ0v) is 11.2. The van der Waals surface area contributed by atoms with Crippen LogP contribution in [0, 0.1) is 5.92 Å². The number of urea groups is 1. The van der Waals surface area contributed by atoms with Crippen molar-refractivity contribution in [1.82, 2.24) is 10.2 Å². The number of amides is 2. The molecule has 0 fully saturated rings. The van der Waals surface area contributed by atoms with E-state index in [1.165, 1.54) is 0 Å². The second kappa shape index (κ2) is 7.78. The van der Waals surface area contributed by atoms with Crippen LogP contribution >= 0.6 is 0 Å². The van der Waals surface area contributed by atoms with Crippen LogP contribution < -0.4 is 5.32 Å². The number of aliphatic carboxylic acids is 1. The number of carboxylic acid groups (broad SMARTS) is 1. The molecule has 108 valence electrons. The molecule has 0 aromatic carbocycles. The molecule has 0 radical (unpaired) electrons. The monoisotopic (exact) mass is 270 g/mol. The molecule has 0 bridgehead atoms. The standard InChI is InChI=1S/C13H22N2O4/c1-15(7-3-2-4-8-16)13(19)14-11-6-5-10(9-11)12(17)18/h5-6,10-11,16H,2-4,7-9H2,1H3,(H,14,19)(H,17,18). The number of nitrogens with one attached hydrogen (secondary N) is 1. The SMILES string of the molecule is CN(CCCCCO)C(=O)NC1C=CC(C(=O)O)C1. The van der Waals surface area contributed by atoms with E-state index < -0.39 is 11.9 Å². The van der Waals surface area contributed by atoms with Crippen LogP contribution in [0.2, 0.25) is 0 Å². The third kappa shape index (κ3) is 5.30. The van der Waals surface area contributed by atoms with E-state index in [2.05, 4.69) is 5.32 Å². The first-order valence-corrected chi connectivity index (χ1v) is 6.58. The van der Waals surface area contributed by atoms with Crippen LogP contribution in [0.4, 0.5) is 4.79 Å². The highest BCUT2D eigenvalue weighted by Gasteiger charge is 2.25. The normalized spacial score (nSPS) is 21.4. The summed E-state index contributed by atoms with van der Waals surface area (Å²) in [5.41, 5.74) is 0. The highest BCUT2D eigenvalue weighted by molar-refractivity contribution is 5.76. The molecule has 6 heteroatoms. The number of carbonyl (C=O) groups is 2. The molecule has 19 heavy (non-hydrogen) atoms. The molecule has 0 saturated carbocycles. The van der Waals surface area contributed by atoms with Gasteiger partial charge in [-0.1, -0.05) is 12.2 Å². The Morgan fingerprint density at radius 2 is 2.05 bits per heavy atom. The van der Waals surface area contributed by atoms with Crippen LogP contribution in [0.1, 0.15) is 25.7 Å². The van der Waals surface area contributed by atoms with E-state index in [0.29, 0.717) is 13.0 Å². The van der Waals surface area contributed by atoms with Crippen LogP contribution in [0.25, 0.3) is 0 Å². The Labute approximate surface area is 113 Å². The molecule has 0 aliphatic heterocycles. The van der Waals surface area contributed by atoms with E-state index in [4.69, 9.17) is 10.2 Å². The first-order chi connectivity index (χ1) is 9.04. The van der Waals surface area contributed by atoms with E-state index >= 15 is 0 Å². The van der Waals surface area contributed by atoms with Crippen molar-refractivity contribution in [3.8, 4) is 0 Å². The van der Waals surface area contributed by atoms with Gasteiger partial charge >= 0.3 is 12.0 Å². The summed E-state index contributed by atoms with van der Waals surface area (Å²) in [6.07, 6.45) is 6.26. The van der Waals surface area contributed by atoms with Crippen LogP contribution in [-0.4, -0.2) is 53.4 Å². The van der Waals surface area contributed by atoms with E-state index in [9.17, 15) is 9.59 Å². The summed E-state index contributed by atoms with van der Waals surface area (Å²) in [5.74, 6) is -1.36. The molecule has 2 amide bonds. The second-order valence-corrected chi connectivity index (χ2v) is 4.83. The van der Waals surface area contributed by atoms with Gasteiger partial charge in [0.2, 0.25) is 0 Å². The molecule has 3 N–H and O–H groups in total. The fourth-order valence-electron chi connectivity index (χ4n) is 2.00. The third-order valence-corrected chi connectivity index (χ3v) is 3.21. The summed E-state index contributed by atoms with van der Waals surface area (Å²) < 4.78 is 0. The molecule has 0 saturated heterocycles. The Balaban J connectivity index is 2.24. The molecular formula is C13H22N2O4. The van der Waals surface area contributed by atoms with Gasteiger partial charge in [-0.2, -0.15) is 0 Å². The fraction of sp³-hybridized carbons (Fsp3) is 0.692. The first-order valence-electron chi connectivity index (χ1n) is 6.58. The van der Waals surface area contributed by atoms with E-state index in [0.717, 1.165) is 19.3 Å². The van der Waals surface area contributed by atoms with Gasteiger partial charge in [0, 0.05) is 20.2 Å². The lowest BCUT2D eigenvalue weighted by Crippen LogP contribution is -2.42. The maximum Gasteiger partial charge on any atom is 0.317 e. The van der Waals surface area contributed by atoms with E-state index in [1.54, 1.807) is 24.1 Å². The van der Waals surface area contributed by atoms with Crippen molar-refractivity contribution >= 4 is 12.0 Å². The molecule has 0 spiro atoms. The number of unbranched alkanes of at least 4 members (excludes halogenated alkanes) is 2. The van der Waals surface area contributed by atoms with Crippen molar-refractivity contribution in [3.63, 3.8) is 0 Å². The lowest BCUT2D eigenvalue weighted by molar-refractivity contribution is -0.140. The van der Waals surface area contributed by atoms with Gasteiger partial charge in [0.15, 0.2) is 0 Å². The number of hydrogen-bond donors (Lipinski definition) is 3. The van der Waals surface area contributed by atoms with Crippen molar-refractivity contribution in [1.29, 1.82) is 0 Å². The maximum atomic E-state index is 11.8. The van der Waals surface area contributed by atoms with Crippen molar-refractivity contribution < 1.29 is 19.8 Å². The first kappa shape index (κ1) is 15.5. The Kier molecular flexibility index (Phi) is 6.35. The van der Waals surface area contributed by atoms with Gasteiger partial charge in [-0.15, -0.1) is 0 Å². The van der Waals surface area contributed by atoms with Crippen molar-refractivity contribution in [2.45, 2.75) is 31.7 Å². The van der Waals surface area contributed by atoms with Crippen molar-refractivity contribution in [2.75, 3.05) is 20.2 Å². The quantitative estimate of drug-likeness (QED) is 0.472. The Bertz CT molecular complexity index is 344. The lowest BCUT2D eigenvalue weighted by Gasteiger charge is -2.20. The van der Waals surface area contributed by atoms with Crippen LogP contribution in [0.3, 0.4) is 0 Å². The molecule has 1 rings (SSSR count). The zero-order chi connectivity index (χ0) is 14.3. The molecule has 0 heterocycles. The third-order valence-electron chi connectivity index (χ3n) is 3.21. The number of hydrogen-bond acceptors (Lipinski definition) is 3. The topological polar surface area (TPSA) is 89.9 Å². The van der Waals surface area contributed by atoms with E-state index in [-0.39, 0.29) is 18.7 Å². The van der Waals surface area contributed by atoms with Gasteiger partial charge in [0.25, 0.3) is 0 Å². The molecule has 1 aliphatic rings. The second-order valence-electron chi connectivity index (χ2n) is 4.83. The van der Waals surface area contributed by atoms with Crippen LogP contribution in [0.5, 0.6) is 0 Å². The Morgan fingerprint density at radius 1 is 1.32 bits per heavy atom. The number of aliphatic hydroxyl groups excluding tert-OH is 1. The molecular weight excluding hydrogens is 248 g/mol. The number of nitrogens with zero attached hydrogens (tertiary/aromatic N) is 1. The lowest BCUT2D eigenvalue weighted by atomic mass is 10.1. The predicted octanol–water partition coefficient (Wildman–Crippen LogP) is 0.820. The average Bonchev–Trinajstić information content (AvgIpc) is 2.83.